The first-order valence-electron chi connectivity index (χ1n) is 10.8. The minimum absolute atomic E-state index is 0.0417. The van der Waals surface area contributed by atoms with Gasteiger partial charge in [-0.05, 0) is 27.2 Å². The van der Waals surface area contributed by atoms with Crippen molar-refractivity contribution in [3.05, 3.63) is 36.5 Å². The van der Waals surface area contributed by atoms with Crippen molar-refractivity contribution in [1.29, 1.82) is 0 Å². The van der Waals surface area contributed by atoms with Gasteiger partial charge in [-0.3, -0.25) is 0 Å². The largest absolute Gasteiger partial charge is 0.461 e. The van der Waals surface area contributed by atoms with Crippen LogP contribution in [0.2, 0.25) is 0 Å². The molecule has 0 spiro atoms. The number of aliphatic hydroxyl groups is 2. The molecule has 0 radical (unpaired) electrons. The molecule has 0 aromatic heterocycles. The fourth-order valence-electron chi connectivity index (χ4n) is 1.91. The third kappa shape index (κ3) is 17.0. The van der Waals surface area contributed by atoms with Gasteiger partial charge >= 0.3 is 17.9 Å². The average Bonchev–Trinajstić information content (AvgIpc) is 2.80. The van der Waals surface area contributed by atoms with E-state index in [1.807, 2.05) is 6.92 Å². The fourth-order valence-corrected chi connectivity index (χ4v) is 1.91. The lowest BCUT2D eigenvalue weighted by Gasteiger charge is -2.31. The van der Waals surface area contributed by atoms with Gasteiger partial charge in [0.15, 0.2) is 0 Å². The maximum absolute atomic E-state index is 11.6. The molecule has 2 N–H and O–H groups in total. The number of aliphatic hydroxyl groups excluding tert-OH is 2. The zero-order valence-corrected chi connectivity index (χ0v) is 20.9. The lowest BCUT2D eigenvalue weighted by Crippen LogP contribution is -2.39. The Bertz CT molecular complexity index is 587. The Hall–Kier alpha value is -2.53. The van der Waals surface area contributed by atoms with Crippen LogP contribution in [0.3, 0.4) is 0 Å². The Labute approximate surface area is 202 Å². The van der Waals surface area contributed by atoms with Gasteiger partial charge in [-0.15, -0.1) is 0 Å². The number of carbonyl (C=O) groups excluding carboxylic acids is 3. The highest BCUT2D eigenvalue weighted by Crippen LogP contribution is 2.25. The second kappa shape index (κ2) is 19.9. The van der Waals surface area contributed by atoms with Gasteiger partial charge in [0.1, 0.15) is 19.8 Å². The summed E-state index contributed by atoms with van der Waals surface area (Å²) >= 11 is 0. The van der Waals surface area contributed by atoms with Crippen LogP contribution < -0.4 is 0 Å². The Balaban J connectivity index is 0. The van der Waals surface area contributed by atoms with Crippen molar-refractivity contribution in [3.63, 3.8) is 0 Å². The van der Waals surface area contributed by atoms with Crippen molar-refractivity contribution < 1.29 is 48.3 Å². The maximum Gasteiger partial charge on any atom is 0.333 e. The number of hydrogen-bond acceptors (Lipinski definition) is 10. The minimum Gasteiger partial charge on any atom is -0.461 e. The molecule has 34 heavy (non-hydrogen) atoms. The van der Waals surface area contributed by atoms with E-state index in [-0.39, 0.29) is 49.8 Å². The highest BCUT2D eigenvalue weighted by molar-refractivity contribution is 5.88. The molecular weight excluding hydrogens is 448 g/mol. The van der Waals surface area contributed by atoms with Crippen molar-refractivity contribution in [2.24, 2.45) is 5.41 Å². The molecule has 0 saturated carbocycles. The molecule has 0 heterocycles. The Morgan fingerprint density at radius 2 is 0.941 bits per heavy atom. The Kier molecular flexibility index (Phi) is 19.7. The molecule has 0 saturated heterocycles. The molecule has 0 bridgehead atoms. The van der Waals surface area contributed by atoms with Crippen LogP contribution in [0, 0.1) is 5.41 Å². The van der Waals surface area contributed by atoms with Gasteiger partial charge in [0, 0.05) is 16.7 Å². The smallest absolute Gasteiger partial charge is 0.333 e. The molecule has 0 rings (SSSR count). The van der Waals surface area contributed by atoms with Crippen LogP contribution in [-0.4, -0.2) is 87.6 Å². The zero-order chi connectivity index (χ0) is 26.6. The van der Waals surface area contributed by atoms with Crippen LogP contribution in [0.1, 0.15) is 34.1 Å². The number of ether oxygens (including phenoxy) is 5. The van der Waals surface area contributed by atoms with E-state index in [4.69, 9.17) is 33.9 Å². The van der Waals surface area contributed by atoms with Crippen molar-refractivity contribution in [3.8, 4) is 0 Å². The molecule has 0 aromatic rings. The topological polar surface area (TPSA) is 138 Å². The molecule has 196 valence electrons. The molecule has 0 aliphatic heterocycles. The Morgan fingerprint density at radius 3 is 1.15 bits per heavy atom. The van der Waals surface area contributed by atoms with Gasteiger partial charge in [-0.2, -0.15) is 0 Å². The number of carbonyl (C=O) groups is 3. The lowest BCUT2D eigenvalue weighted by molar-refractivity contribution is -0.157. The van der Waals surface area contributed by atoms with Crippen molar-refractivity contribution in [2.75, 3.05) is 59.5 Å². The van der Waals surface area contributed by atoms with Gasteiger partial charge in [0.05, 0.1) is 45.1 Å². The van der Waals surface area contributed by atoms with E-state index in [9.17, 15) is 14.4 Å². The van der Waals surface area contributed by atoms with Crippen LogP contribution >= 0.6 is 0 Å². The van der Waals surface area contributed by atoms with E-state index < -0.39 is 23.3 Å². The second-order valence-electron chi connectivity index (χ2n) is 7.59. The number of hydrogen-bond donors (Lipinski definition) is 2. The molecule has 0 aliphatic rings. The Morgan fingerprint density at radius 1 is 0.647 bits per heavy atom. The van der Waals surface area contributed by atoms with E-state index in [1.54, 1.807) is 0 Å². The average molecular weight is 489 g/mol. The first kappa shape index (κ1) is 33.6. The maximum atomic E-state index is 11.6. The van der Waals surface area contributed by atoms with Crippen LogP contribution in [0.25, 0.3) is 0 Å². The summed E-state index contributed by atoms with van der Waals surface area (Å²) in [5, 5.41) is 16.5. The van der Waals surface area contributed by atoms with Crippen LogP contribution in [-0.2, 0) is 38.1 Å². The highest BCUT2D eigenvalue weighted by Gasteiger charge is 2.34. The van der Waals surface area contributed by atoms with E-state index >= 15 is 0 Å². The van der Waals surface area contributed by atoms with Gasteiger partial charge in [0.25, 0.3) is 0 Å². The van der Waals surface area contributed by atoms with E-state index in [0.717, 1.165) is 0 Å². The van der Waals surface area contributed by atoms with Gasteiger partial charge in [-0.25, -0.2) is 14.4 Å². The summed E-state index contributed by atoms with van der Waals surface area (Å²) in [5.41, 5.74) is -0.116. The van der Waals surface area contributed by atoms with Crippen LogP contribution in [0.5, 0.6) is 0 Å². The third-order valence-corrected chi connectivity index (χ3v) is 4.17. The second-order valence-corrected chi connectivity index (χ2v) is 7.59. The molecule has 0 aliphatic carbocycles. The number of rotatable bonds is 17. The summed E-state index contributed by atoms with van der Waals surface area (Å²) in [4.78, 5) is 34.9. The van der Waals surface area contributed by atoms with Crippen LogP contribution in [0.4, 0.5) is 0 Å². The normalized spacial score (nSPS) is 10.4. The summed E-state index contributed by atoms with van der Waals surface area (Å²) in [6.07, 6.45) is 0.448. The molecule has 10 nitrogen and oxygen atoms in total. The molecule has 0 amide bonds. The number of esters is 3. The quantitative estimate of drug-likeness (QED) is 0.135. The lowest BCUT2D eigenvalue weighted by atomic mass is 9.88. The first-order chi connectivity index (χ1) is 16.0. The van der Waals surface area contributed by atoms with Crippen molar-refractivity contribution in [2.45, 2.75) is 34.1 Å². The molecule has 10 heteroatoms. The van der Waals surface area contributed by atoms with Gasteiger partial charge < -0.3 is 33.9 Å². The predicted octanol–water partition coefficient (Wildman–Crippen LogP) is 1.74. The molecule has 0 atom stereocenters. The molecule has 0 fully saturated rings. The summed E-state index contributed by atoms with van der Waals surface area (Å²) in [5.74, 6) is -1.69. The monoisotopic (exact) mass is 488 g/mol. The van der Waals surface area contributed by atoms with E-state index in [2.05, 4.69) is 19.7 Å². The molecule has 0 unspecified atom stereocenters. The van der Waals surface area contributed by atoms with Crippen molar-refractivity contribution >= 4 is 17.9 Å². The van der Waals surface area contributed by atoms with E-state index in [0.29, 0.717) is 32.8 Å². The fraction of sp³-hybridized carbons (Fsp3) is 0.625. The van der Waals surface area contributed by atoms with Gasteiger partial charge in [-0.1, -0.05) is 26.7 Å². The predicted molar refractivity (Wildman–Crippen MR) is 126 cm³/mol. The first-order valence-corrected chi connectivity index (χ1v) is 10.8. The third-order valence-electron chi connectivity index (χ3n) is 4.17. The van der Waals surface area contributed by atoms with Gasteiger partial charge in [0.2, 0.25) is 0 Å². The molecule has 0 aromatic carbocycles. The summed E-state index contributed by atoms with van der Waals surface area (Å²) in [6.45, 7) is 18.4. The summed E-state index contributed by atoms with van der Waals surface area (Å²) in [7, 11) is 0. The van der Waals surface area contributed by atoms with Crippen molar-refractivity contribution in [1.82, 2.24) is 0 Å². The zero-order valence-electron chi connectivity index (χ0n) is 20.9. The van der Waals surface area contributed by atoms with E-state index in [1.165, 1.54) is 20.8 Å². The standard InChI is InChI=1S/C18H26O6.C6H14O4/c1-8-18(9-22-15(19)12(2)3,10-23-16(20)13(4)5)11-24-17(21)14(6)7;7-1-3-9-5-6-10-4-2-8/h2,4,6,8-11H2,1,3,5,7H3;7-8H,1-6H2. The summed E-state index contributed by atoms with van der Waals surface area (Å²) < 4.78 is 25.3. The minimum atomic E-state index is -0.860. The molecular formula is C24H40O10. The van der Waals surface area contributed by atoms with Crippen LogP contribution in [0.15, 0.2) is 36.5 Å². The SMILES string of the molecule is C=C(C)C(=O)OCC(CC)(COC(=O)C(=C)C)COC(=O)C(=C)C.OCCOCCOCCO. The summed E-state index contributed by atoms with van der Waals surface area (Å²) in [6, 6.07) is 0. The highest BCUT2D eigenvalue weighted by atomic mass is 16.6.